The van der Waals surface area contributed by atoms with Gasteiger partial charge in [-0.1, -0.05) is 29.5 Å². The van der Waals surface area contributed by atoms with E-state index in [-0.39, 0.29) is 17.0 Å². The molecule has 0 spiro atoms. The Labute approximate surface area is 176 Å². The Morgan fingerprint density at radius 1 is 1.13 bits per heavy atom. The monoisotopic (exact) mass is 422 g/mol. The van der Waals surface area contributed by atoms with Crippen LogP contribution in [0.4, 0.5) is 4.39 Å². The second kappa shape index (κ2) is 7.64. The van der Waals surface area contributed by atoms with Crippen molar-refractivity contribution in [2.45, 2.75) is 43.1 Å². The van der Waals surface area contributed by atoms with Crippen LogP contribution in [0.1, 0.15) is 42.5 Å². The highest BCUT2D eigenvalue weighted by Crippen LogP contribution is 2.43. The van der Waals surface area contributed by atoms with E-state index in [1.165, 1.54) is 17.8 Å². The molecular formula is C21H19FN6OS. The van der Waals surface area contributed by atoms with Crippen molar-refractivity contribution in [2.75, 3.05) is 0 Å². The van der Waals surface area contributed by atoms with Crippen molar-refractivity contribution in [2.24, 2.45) is 0 Å². The average molecular weight is 422 g/mol. The van der Waals surface area contributed by atoms with Crippen LogP contribution < -0.4 is 0 Å². The van der Waals surface area contributed by atoms with Crippen LogP contribution in [0.2, 0.25) is 0 Å². The van der Waals surface area contributed by atoms with E-state index < -0.39 is 0 Å². The van der Waals surface area contributed by atoms with E-state index in [2.05, 4.69) is 29.9 Å². The predicted molar refractivity (Wildman–Crippen MR) is 110 cm³/mol. The molecule has 1 unspecified atom stereocenters. The molecule has 152 valence electrons. The molecule has 1 aliphatic rings. The van der Waals surface area contributed by atoms with Crippen molar-refractivity contribution in [1.29, 1.82) is 0 Å². The van der Waals surface area contributed by atoms with Gasteiger partial charge in [0.25, 0.3) is 5.89 Å². The molecule has 4 aromatic rings. The molecule has 0 amide bonds. The van der Waals surface area contributed by atoms with Crippen LogP contribution in [0, 0.1) is 12.7 Å². The lowest BCUT2D eigenvalue weighted by atomic mass is 10.1. The molecule has 1 atom stereocenters. The maximum atomic E-state index is 14.2. The van der Waals surface area contributed by atoms with E-state index in [0.29, 0.717) is 17.5 Å². The first-order valence-corrected chi connectivity index (χ1v) is 10.6. The summed E-state index contributed by atoms with van der Waals surface area (Å²) in [5.41, 5.74) is 2.03. The molecule has 0 bridgehead atoms. The SMILES string of the molecule is Cc1ccc(F)c(-c2nnc(C(C)Sc3nnc(-c4ccccn4)n3C3CC3)o2)c1. The third-order valence-corrected chi connectivity index (χ3v) is 5.94. The third-order valence-electron chi connectivity index (χ3n) is 4.89. The fourth-order valence-electron chi connectivity index (χ4n) is 3.21. The summed E-state index contributed by atoms with van der Waals surface area (Å²) in [5.74, 6) is 0.975. The summed E-state index contributed by atoms with van der Waals surface area (Å²) in [5, 5.41) is 17.6. The van der Waals surface area contributed by atoms with Crippen molar-refractivity contribution in [1.82, 2.24) is 29.9 Å². The number of thioether (sulfide) groups is 1. The fourth-order valence-corrected chi connectivity index (χ4v) is 4.16. The molecule has 7 nitrogen and oxygen atoms in total. The lowest BCUT2D eigenvalue weighted by Gasteiger charge is -2.10. The number of hydrogen-bond donors (Lipinski definition) is 0. The molecule has 1 aliphatic carbocycles. The number of benzene rings is 1. The van der Waals surface area contributed by atoms with Gasteiger partial charge >= 0.3 is 0 Å². The molecule has 9 heteroatoms. The van der Waals surface area contributed by atoms with Gasteiger partial charge in [0.05, 0.1) is 10.8 Å². The Hall–Kier alpha value is -3.07. The smallest absolute Gasteiger partial charge is 0.250 e. The van der Waals surface area contributed by atoms with Crippen molar-refractivity contribution < 1.29 is 8.81 Å². The van der Waals surface area contributed by atoms with Gasteiger partial charge in [-0.2, -0.15) is 0 Å². The van der Waals surface area contributed by atoms with Crippen molar-refractivity contribution in [3.8, 4) is 23.0 Å². The Morgan fingerprint density at radius 3 is 2.77 bits per heavy atom. The zero-order valence-electron chi connectivity index (χ0n) is 16.5. The standard InChI is InChI=1S/C21H19FN6OS/c1-12-6-9-16(22)15(11-12)20-26-25-19(29-20)13(2)30-21-27-24-18(28(21)14-7-8-14)17-5-3-4-10-23-17/h3-6,9-11,13-14H,7-8H2,1-2H3. The van der Waals surface area contributed by atoms with Gasteiger partial charge in [-0.05, 0) is 51.0 Å². The largest absolute Gasteiger partial charge is 0.419 e. The second-order valence-electron chi connectivity index (χ2n) is 7.31. The number of rotatable bonds is 6. The van der Waals surface area contributed by atoms with E-state index in [1.807, 2.05) is 32.0 Å². The number of hydrogen-bond acceptors (Lipinski definition) is 7. The second-order valence-corrected chi connectivity index (χ2v) is 8.62. The minimum atomic E-state index is -0.385. The quantitative estimate of drug-likeness (QED) is 0.403. The van der Waals surface area contributed by atoms with Gasteiger partial charge in [0.1, 0.15) is 11.5 Å². The molecule has 1 fully saturated rings. The molecule has 3 heterocycles. The van der Waals surface area contributed by atoms with Gasteiger partial charge in [0, 0.05) is 12.2 Å². The molecule has 30 heavy (non-hydrogen) atoms. The van der Waals surface area contributed by atoms with E-state index in [4.69, 9.17) is 4.42 Å². The van der Waals surface area contributed by atoms with Crippen LogP contribution in [0.25, 0.3) is 23.0 Å². The lowest BCUT2D eigenvalue weighted by Crippen LogP contribution is -2.01. The van der Waals surface area contributed by atoms with Crippen molar-refractivity contribution >= 4 is 11.8 Å². The van der Waals surface area contributed by atoms with Gasteiger partial charge < -0.3 is 4.42 Å². The van der Waals surface area contributed by atoms with Gasteiger partial charge in [0.2, 0.25) is 5.89 Å². The number of aromatic nitrogens is 6. The highest BCUT2D eigenvalue weighted by atomic mass is 32.2. The summed E-state index contributed by atoms with van der Waals surface area (Å²) < 4.78 is 22.1. The van der Waals surface area contributed by atoms with E-state index in [1.54, 1.807) is 18.3 Å². The molecule has 0 radical (unpaired) electrons. The van der Waals surface area contributed by atoms with E-state index in [0.717, 1.165) is 35.1 Å². The maximum Gasteiger partial charge on any atom is 0.250 e. The lowest BCUT2D eigenvalue weighted by molar-refractivity contribution is 0.504. The minimum Gasteiger partial charge on any atom is -0.419 e. The first kappa shape index (κ1) is 18.9. The first-order valence-electron chi connectivity index (χ1n) is 9.73. The summed E-state index contributed by atoms with van der Waals surface area (Å²) in [4.78, 5) is 4.41. The van der Waals surface area contributed by atoms with Crippen LogP contribution in [-0.2, 0) is 0 Å². The summed E-state index contributed by atoms with van der Waals surface area (Å²) in [6.45, 7) is 3.85. The Bertz CT molecular complexity index is 1190. The van der Waals surface area contributed by atoms with Crippen LogP contribution in [-0.4, -0.2) is 29.9 Å². The van der Waals surface area contributed by atoms with Gasteiger partial charge in [-0.25, -0.2) is 4.39 Å². The van der Waals surface area contributed by atoms with Gasteiger partial charge in [0.15, 0.2) is 11.0 Å². The summed E-state index contributed by atoms with van der Waals surface area (Å²) in [6.07, 6.45) is 3.94. The summed E-state index contributed by atoms with van der Waals surface area (Å²) >= 11 is 1.49. The van der Waals surface area contributed by atoms with E-state index >= 15 is 0 Å². The zero-order chi connectivity index (χ0) is 20.7. The summed E-state index contributed by atoms with van der Waals surface area (Å²) in [6, 6.07) is 10.9. The van der Waals surface area contributed by atoms with Crippen LogP contribution in [0.5, 0.6) is 0 Å². The molecule has 0 N–H and O–H groups in total. The van der Waals surface area contributed by atoms with Crippen LogP contribution >= 0.6 is 11.8 Å². The third kappa shape index (κ3) is 3.60. The molecule has 0 aliphatic heterocycles. The highest BCUT2D eigenvalue weighted by Gasteiger charge is 2.32. The molecule has 1 saturated carbocycles. The molecule has 1 aromatic carbocycles. The zero-order valence-corrected chi connectivity index (χ0v) is 17.3. The van der Waals surface area contributed by atoms with Gasteiger partial charge in [-0.3, -0.25) is 9.55 Å². The topological polar surface area (TPSA) is 82.5 Å². The number of pyridine rings is 1. The van der Waals surface area contributed by atoms with Gasteiger partial charge in [-0.15, -0.1) is 20.4 Å². The number of aryl methyl sites for hydroxylation is 1. The fraction of sp³-hybridized carbons (Fsp3) is 0.286. The van der Waals surface area contributed by atoms with Crippen molar-refractivity contribution in [3.05, 3.63) is 59.9 Å². The maximum absolute atomic E-state index is 14.2. The normalized spacial score (nSPS) is 14.8. The van der Waals surface area contributed by atoms with E-state index in [9.17, 15) is 4.39 Å². The average Bonchev–Trinajstić information content (AvgIpc) is 3.31. The number of nitrogens with zero attached hydrogens (tertiary/aromatic N) is 6. The molecule has 5 rings (SSSR count). The number of halogens is 1. The highest BCUT2D eigenvalue weighted by molar-refractivity contribution is 7.99. The van der Waals surface area contributed by atoms with Crippen molar-refractivity contribution in [3.63, 3.8) is 0 Å². The Balaban J connectivity index is 1.41. The molecule has 3 aromatic heterocycles. The predicted octanol–water partition coefficient (Wildman–Crippen LogP) is 5.03. The Morgan fingerprint density at radius 2 is 2.00 bits per heavy atom. The molecule has 0 saturated heterocycles. The minimum absolute atomic E-state index is 0.169. The summed E-state index contributed by atoms with van der Waals surface area (Å²) in [7, 11) is 0. The molecular weight excluding hydrogens is 403 g/mol. The van der Waals surface area contributed by atoms with Crippen LogP contribution in [0.15, 0.2) is 52.2 Å². The van der Waals surface area contributed by atoms with Crippen LogP contribution in [0.3, 0.4) is 0 Å². The first-order chi connectivity index (χ1) is 14.6. The Kier molecular flexibility index (Phi) is 4.82.